The van der Waals surface area contributed by atoms with Gasteiger partial charge in [-0.25, -0.2) is 43.5 Å². The number of amides is 4. The number of fused-ring (bicyclic) bond motifs is 2. The Morgan fingerprint density at radius 3 is 2.69 bits per heavy atom. The number of carboxylic acid groups (broad SMARTS) is 1. The van der Waals surface area contributed by atoms with Gasteiger partial charge in [0.1, 0.15) is 22.8 Å². The molecule has 21 nitrogen and oxygen atoms in total. The number of hydroxylamine groups is 1. The largest absolute Gasteiger partial charge is 0.504 e. The number of nitrogens with zero attached hydrogens (tertiary/aromatic N) is 6. The Labute approximate surface area is 305 Å². The summed E-state index contributed by atoms with van der Waals surface area (Å²) in [6, 6.07) is 0.736. The summed E-state index contributed by atoms with van der Waals surface area (Å²) in [6.45, 7) is 1.72. The van der Waals surface area contributed by atoms with Gasteiger partial charge in [0.2, 0.25) is 15.8 Å². The summed E-state index contributed by atoms with van der Waals surface area (Å²) in [5.41, 5.74) is 10.1. The van der Waals surface area contributed by atoms with Crippen molar-refractivity contribution in [2.45, 2.75) is 23.2 Å². The fraction of sp³-hybridized carbons (Fsp3) is 0.222. The average molecular weight is 795 g/mol. The maximum atomic E-state index is 13.4. The first-order chi connectivity index (χ1) is 24.7. The Balaban J connectivity index is 1.15. The van der Waals surface area contributed by atoms with Crippen LogP contribution in [0.1, 0.15) is 12.6 Å². The lowest BCUT2D eigenvalue weighted by molar-refractivity contribution is -0.150. The summed E-state index contributed by atoms with van der Waals surface area (Å²) in [5, 5.41) is 48.0. The zero-order chi connectivity index (χ0) is 37.5. The molecule has 1 fully saturated rings. The van der Waals surface area contributed by atoms with Crippen LogP contribution in [-0.4, -0.2) is 113 Å². The number of urea groups is 1. The van der Waals surface area contributed by atoms with Crippen molar-refractivity contribution in [3.05, 3.63) is 63.7 Å². The van der Waals surface area contributed by atoms with Gasteiger partial charge in [0.05, 0.1) is 16.1 Å². The molecule has 1 aromatic heterocycles. The molecular weight excluding hydrogens is 769 g/mol. The number of allylic oxidation sites excluding steroid dienone is 1. The number of aliphatic imine (C=N–C) groups is 1. The monoisotopic (exact) mass is 794 g/mol. The number of hydrogen-bond donors (Lipinski definition) is 8. The molecule has 4 aliphatic rings. The second-order valence-corrected chi connectivity index (χ2v) is 15.8. The zero-order valence-electron chi connectivity index (χ0n) is 26.3. The van der Waals surface area contributed by atoms with Gasteiger partial charge in [-0.1, -0.05) is 5.16 Å². The van der Waals surface area contributed by atoms with Crippen LogP contribution in [0.5, 0.6) is 11.5 Å². The molecule has 274 valence electrons. The molecule has 4 amide bonds. The third-order valence-electron chi connectivity index (χ3n) is 7.42. The van der Waals surface area contributed by atoms with Crippen molar-refractivity contribution in [1.82, 2.24) is 36.2 Å². The van der Waals surface area contributed by atoms with Crippen molar-refractivity contribution in [2.24, 2.45) is 10.1 Å². The Bertz CT molecular complexity index is 2150. The first kappa shape index (κ1) is 36.5. The van der Waals surface area contributed by atoms with Crippen LogP contribution in [0.3, 0.4) is 0 Å². The Hall–Kier alpha value is -5.34. The standard InChI is InChI=1S/C27H26N10O11S4/c1-11-4-18(37-17(29-11)6-35(34-37)27(44)32-45)49-7-12-8-50-24-20(23(41)36(24)21(12)25(42)43)31-22(40)19(14-9-51-26(28)30-14)33-48-10-52(46,47)13-2-3-15(38)16(39)5-13/h2-6,9,20,24,34,38-39,45H,7-8,10H2,1H3,(H2,28,30)(H,31,40)(H,32,44)(H,42,43)/b33-19-/t20-,24-/m1/s1. The first-order valence-corrected chi connectivity index (χ1v) is 19.0. The number of phenolic OH excluding ortho intramolecular Hbond substituents is 2. The number of carbonyl (C=O) groups is 4. The predicted molar refractivity (Wildman–Crippen MR) is 185 cm³/mol. The fourth-order valence-corrected chi connectivity index (χ4v) is 9.01. The second-order valence-electron chi connectivity index (χ2n) is 10.9. The van der Waals surface area contributed by atoms with E-state index in [-0.39, 0.29) is 28.0 Å². The van der Waals surface area contributed by atoms with E-state index in [1.807, 2.05) is 0 Å². The van der Waals surface area contributed by atoms with Crippen molar-refractivity contribution in [1.29, 1.82) is 0 Å². The van der Waals surface area contributed by atoms with E-state index >= 15 is 0 Å². The highest BCUT2D eigenvalue weighted by Crippen LogP contribution is 2.42. The number of phenols is 2. The fourth-order valence-electron chi connectivity index (χ4n) is 5.01. The minimum absolute atomic E-state index is 0.0465. The highest BCUT2D eigenvalue weighted by Gasteiger charge is 2.54. The van der Waals surface area contributed by atoms with Crippen molar-refractivity contribution < 1.29 is 53.0 Å². The van der Waals surface area contributed by atoms with Gasteiger partial charge in [-0.2, -0.15) is 0 Å². The van der Waals surface area contributed by atoms with Gasteiger partial charge in [0.15, 0.2) is 28.2 Å². The lowest BCUT2D eigenvalue weighted by Crippen LogP contribution is -2.71. The number of nitrogens with two attached hydrogens (primary N) is 1. The van der Waals surface area contributed by atoms with Gasteiger partial charge in [0, 0.05) is 28.7 Å². The number of β-lactam (4-membered cyclic amide) rings is 1. The lowest BCUT2D eigenvalue weighted by atomic mass is 10.0. The molecule has 25 heteroatoms. The van der Waals surface area contributed by atoms with E-state index in [4.69, 9.17) is 15.8 Å². The molecule has 9 N–H and O–H groups in total. The van der Waals surface area contributed by atoms with Gasteiger partial charge in [-0.3, -0.25) is 19.7 Å². The van der Waals surface area contributed by atoms with E-state index in [1.54, 1.807) is 13.0 Å². The van der Waals surface area contributed by atoms with Crippen LogP contribution in [0.15, 0.2) is 73.0 Å². The van der Waals surface area contributed by atoms with Crippen molar-refractivity contribution in [3.8, 4) is 11.5 Å². The molecule has 0 aliphatic carbocycles. The number of nitrogen functional groups attached to an aromatic ring is 1. The summed E-state index contributed by atoms with van der Waals surface area (Å²) < 4.78 is 25.4. The zero-order valence-corrected chi connectivity index (χ0v) is 29.5. The molecule has 0 radical (unpaired) electrons. The Morgan fingerprint density at radius 2 is 2.02 bits per heavy atom. The quantitative estimate of drug-likeness (QED) is 0.0488. The number of aromatic hydroxyl groups is 2. The number of hydrazine groups is 2. The van der Waals surface area contributed by atoms with Crippen molar-refractivity contribution >= 4 is 85.1 Å². The molecule has 0 unspecified atom stereocenters. The summed E-state index contributed by atoms with van der Waals surface area (Å²) in [5.74, 6) is -4.76. The van der Waals surface area contributed by atoms with Crippen LogP contribution < -0.4 is 22.1 Å². The van der Waals surface area contributed by atoms with Crippen LogP contribution in [0.4, 0.5) is 9.93 Å². The minimum atomic E-state index is -4.23. The molecule has 1 saturated heterocycles. The number of sulfone groups is 1. The number of oxime groups is 1. The molecule has 52 heavy (non-hydrogen) atoms. The number of benzene rings is 1. The van der Waals surface area contributed by atoms with Gasteiger partial charge in [-0.15, -0.1) is 40.4 Å². The normalized spacial score (nSPS) is 20.0. The van der Waals surface area contributed by atoms with Crippen LogP contribution in [0.25, 0.3) is 0 Å². The first-order valence-electron chi connectivity index (χ1n) is 14.5. The number of carboxylic acids is 1. The van der Waals surface area contributed by atoms with E-state index < -0.39 is 73.1 Å². The molecule has 0 bridgehead atoms. The number of carbonyl (C=O) groups excluding carboxylic acids is 3. The number of hydrogen-bond acceptors (Lipinski definition) is 19. The summed E-state index contributed by atoms with van der Waals surface area (Å²) in [6.07, 6.45) is 3.04. The van der Waals surface area contributed by atoms with E-state index in [9.17, 15) is 42.9 Å². The number of aromatic nitrogens is 1. The van der Waals surface area contributed by atoms with Crippen molar-refractivity contribution in [2.75, 3.05) is 23.2 Å². The van der Waals surface area contributed by atoms with Crippen LogP contribution >= 0.6 is 34.9 Å². The number of thioether (sulfide) groups is 2. The smallest absolute Gasteiger partial charge is 0.361 e. The van der Waals surface area contributed by atoms with Gasteiger partial charge in [-0.05, 0) is 30.7 Å². The van der Waals surface area contributed by atoms with Crippen LogP contribution in [-0.2, 0) is 29.1 Å². The number of nitrogens with one attached hydrogen (secondary N) is 3. The van der Waals surface area contributed by atoms with Gasteiger partial charge >= 0.3 is 12.0 Å². The lowest BCUT2D eigenvalue weighted by Gasteiger charge is -2.49. The molecule has 5 heterocycles. The summed E-state index contributed by atoms with van der Waals surface area (Å²) >= 11 is 3.36. The number of rotatable bonds is 11. The molecule has 4 aliphatic heterocycles. The summed E-state index contributed by atoms with van der Waals surface area (Å²) in [7, 11) is -4.23. The van der Waals surface area contributed by atoms with E-state index in [2.05, 4.69) is 26.0 Å². The van der Waals surface area contributed by atoms with Crippen LogP contribution in [0, 0.1) is 0 Å². The molecule has 0 spiro atoms. The molecule has 1 aromatic carbocycles. The topological polar surface area (TPSA) is 302 Å². The Morgan fingerprint density at radius 1 is 1.25 bits per heavy atom. The average Bonchev–Trinajstić information content (AvgIpc) is 3.74. The Kier molecular flexibility index (Phi) is 10.1. The van der Waals surface area contributed by atoms with Gasteiger partial charge in [0.25, 0.3) is 11.8 Å². The number of anilines is 1. The number of aliphatic carboxylic acids is 1. The molecule has 2 atom stereocenters. The van der Waals surface area contributed by atoms with E-state index in [1.165, 1.54) is 45.6 Å². The van der Waals surface area contributed by atoms with Crippen molar-refractivity contribution in [3.63, 3.8) is 0 Å². The third-order valence-corrected chi connectivity index (χ3v) is 11.9. The molecular formula is C27H26N10O11S4. The highest BCUT2D eigenvalue weighted by atomic mass is 32.2. The predicted octanol–water partition coefficient (Wildman–Crippen LogP) is 0.0112. The highest BCUT2D eigenvalue weighted by molar-refractivity contribution is 8.03. The maximum absolute atomic E-state index is 13.4. The van der Waals surface area contributed by atoms with E-state index in [0.717, 1.165) is 39.4 Å². The number of thiazole rings is 1. The molecule has 2 aromatic rings. The SMILES string of the molecule is CC1=NC2=CN(C(=O)NO)NN2C(SCC2=C(C(=O)O)N3C(=O)[C@@H](NC(=O)/C(=N\OCS(=O)(=O)c4ccc(O)c(O)c4)c4csc(N)n4)[C@H]3SC2)=C1. The van der Waals surface area contributed by atoms with Crippen LogP contribution in [0.2, 0.25) is 0 Å². The second kappa shape index (κ2) is 14.4. The molecule has 0 saturated carbocycles. The van der Waals surface area contributed by atoms with E-state index in [0.29, 0.717) is 22.1 Å². The molecule has 6 rings (SSSR count). The summed E-state index contributed by atoms with van der Waals surface area (Å²) in [4.78, 5) is 65.2. The van der Waals surface area contributed by atoms with Gasteiger partial charge < -0.3 is 31.2 Å². The maximum Gasteiger partial charge on any atom is 0.361 e. The third kappa shape index (κ3) is 7.08. The minimum Gasteiger partial charge on any atom is -0.504 e.